The van der Waals surface area contributed by atoms with E-state index in [0.717, 1.165) is 31.5 Å². The van der Waals surface area contributed by atoms with Crippen molar-refractivity contribution < 1.29 is 24.2 Å². The largest absolute Gasteiger partial charge is 0.469 e. The molecule has 3 rings (SSSR count). The van der Waals surface area contributed by atoms with E-state index in [2.05, 4.69) is 9.64 Å². The third-order valence-corrected chi connectivity index (χ3v) is 5.56. The van der Waals surface area contributed by atoms with Crippen LogP contribution in [0.2, 0.25) is 0 Å². The fourth-order valence-electron chi connectivity index (χ4n) is 4.15. The van der Waals surface area contributed by atoms with Gasteiger partial charge >= 0.3 is 11.9 Å². The topological polar surface area (TPSA) is 76.1 Å². The molecule has 0 unspecified atom stereocenters. The normalized spacial score (nSPS) is 24.7. The molecule has 6 heteroatoms. The molecule has 2 fully saturated rings. The van der Waals surface area contributed by atoms with Gasteiger partial charge in [-0.25, -0.2) is 4.79 Å². The molecule has 26 heavy (non-hydrogen) atoms. The Hall–Kier alpha value is -1.92. The van der Waals surface area contributed by atoms with E-state index in [-0.39, 0.29) is 13.0 Å². The predicted molar refractivity (Wildman–Crippen MR) is 95.4 cm³/mol. The lowest BCUT2D eigenvalue weighted by atomic mass is 9.91. The van der Waals surface area contributed by atoms with E-state index < -0.39 is 24.0 Å². The molecular weight excluding hydrogens is 334 g/mol. The minimum atomic E-state index is -1.91. The smallest absolute Gasteiger partial charge is 0.339 e. The number of rotatable bonds is 7. The number of esters is 2. The summed E-state index contributed by atoms with van der Waals surface area (Å²) in [7, 11) is 1.24. The average Bonchev–Trinajstić information content (AvgIpc) is 3.24. The van der Waals surface area contributed by atoms with Crippen LogP contribution in [-0.4, -0.2) is 60.4 Å². The first-order valence-corrected chi connectivity index (χ1v) is 9.26. The van der Waals surface area contributed by atoms with Gasteiger partial charge in [0.15, 0.2) is 5.60 Å². The third kappa shape index (κ3) is 4.24. The molecule has 0 spiro atoms. The Kier molecular flexibility index (Phi) is 5.94. The molecule has 6 nitrogen and oxygen atoms in total. The molecule has 0 bridgehead atoms. The third-order valence-electron chi connectivity index (χ3n) is 5.56. The zero-order valence-corrected chi connectivity index (χ0v) is 15.2. The van der Waals surface area contributed by atoms with Crippen LogP contribution < -0.4 is 0 Å². The van der Waals surface area contributed by atoms with Gasteiger partial charge in [-0.1, -0.05) is 30.3 Å². The average molecular weight is 361 g/mol. The van der Waals surface area contributed by atoms with E-state index in [9.17, 15) is 14.7 Å². The lowest BCUT2D eigenvalue weighted by molar-refractivity contribution is -0.173. The van der Waals surface area contributed by atoms with Crippen LogP contribution in [0.3, 0.4) is 0 Å². The summed E-state index contributed by atoms with van der Waals surface area (Å²) in [6.45, 7) is 2.46. The van der Waals surface area contributed by atoms with Crippen molar-refractivity contribution in [3.05, 3.63) is 35.9 Å². The zero-order chi connectivity index (χ0) is 18.6. The van der Waals surface area contributed by atoms with Crippen molar-refractivity contribution in [3.63, 3.8) is 0 Å². The molecule has 1 aromatic carbocycles. The molecule has 142 valence electrons. The van der Waals surface area contributed by atoms with Crippen LogP contribution in [0.15, 0.2) is 30.3 Å². The number of benzene rings is 1. The number of methoxy groups -OCH3 is 1. The molecule has 0 aliphatic carbocycles. The maximum absolute atomic E-state index is 12.7. The van der Waals surface area contributed by atoms with Crippen molar-refractivity contribution in [2.24, 2.45) is 5.92 Å². The van der Waals surface area contributed by atoms with Crippen LogP contribution in [0.1, 0.15) is 31.2 Å². The van der Waals surface area contributed by atoms with Crippen molar-refractivity contribution in [3.8, 4) is 0 Å². The second-order valence-corrected chi connectivity index (χ2v) is 7.34. The summed E-state index contributed by atoms with van der Waals surface area (Å²) in [5.74, 6) is -1.08. The van der Waals surface area contributed by atoms with Gasteiger partial charge in [-0.05, 0) is 37.9 Å². The summed E-state index contributed by atoms with van der Waals surface area (Å²) in [4.78, 5) is 26.9. The van der Waals surface area contributed by atoms with Crippen molar-refractivity contribution >= 4 is 11.9 Å². The molecular formula is C20H27NO5. The first-order valence-electron chi connectivity index (χ1n) is 9.26. The summed E-state index contributed by atoms with van der Waals surface area (Å²) < 4.78 is 10.1. The van der Waals surface area contributed by atoms with E-state index >= 15 is 0 Å². The van der Waals surface area contributed by atoms with Crippen molar-refractivity contribution in [1.82, 2.24) is 4.90 Å². The van der Waals surface area contributed by atoms with E-state index in [1.807, 2.05) is 30.3 Å². The van der Waals surface area contributed by atoms with E-state index in [4.69, 9.17) is 4.74 Å². The van der Waals surface area contributed by atoms with Gasteiger partial charge in [0.25, 0.3) is 0 Å². The minimum Gasteiger partial charge on any atom is -0.469 e. The summed E-state index contributed by atoms with van der Waals surface area (Å²) in [5.41, 5.74) is -1.15. The first kappa shape index (κ1) is 18.9. The van der Waals surface area contributed by atoms with Gasteiger partial charge in [0.05, 0.1) is 20.1 Å². The second-order valence-electron chi connectivity index (χ2n) is 7.34. The Morgan fingerprint density at radius 1 is 1.23 bits per heavy atom. The second kappa shape index (κ2) is 8.18. The fourth-order valence-corrected chi connectivity index (χ4v) is 4.15. The molecule has 1 aromatic rings. The molecule has 0 amide bonds. The van der Waals surface area contributed by atoms with Gasteiger partial charge in [0, 0.05) is 18.4 Å². The highest BCUT2D eigenvalue weighted by Gasteiger charge is 2.43. The van der Waals surface area contributed by atoms with Crippen molar-refractivity contribution in [2.45, 2.75) is 43.7 Å². The van der Waals surface area contributed by atoms with Crippen molar-refractivity contribution in [1.29, 1.82) is 0 Å². The summed E-state index contributed by atoms with van der Waals surface area (Å²) >= 11 is 0. The van der Waals surface area contributed by atoms with Crippen LogP contribution in [0.5, 0.6) is 0 Å². The summed E-state index contributed by atoms with van der Waals surface area (Å²) in [5, 5.41) is 10.9. The quantitative estimate of drug-likeness (QED) is 0.743. The highest BCUT2D eigenvalue weighted by Crippen LogP contribution is 2.33. The first-order chi connectivity index (χ1) is 12.5. The Labute approximate surface area is 154 Å². The molecule has 2 saturated heterocycles. The minimum absolute atomic E-state index is 0.0159. The standard InChI is InChI=1S/C20H27NO5/c1-25-18(22)13-20(24,12-15-6-3-2-4-7-15)19(23)26-14-16-9-11-21-10-5-8-17(16)21/h2-4,6-7,16-17,24H,5,8-14H2,1H3/t16-,17+,20-/m1/s1. The van der Waals surface area contributed by atoms with E-state index in [0.29, 0.717) is 12.0 Å². The van der Waals surface area contributed by atoms with Crippen molar-refractivity contribution in [2.75, 3.05) is 26.8 Å². The lowest BCUT2D eigenvalue weighted by Crippen LogP contribution is -2.45. The van der Waals surface area contributed by atoms with Gasteiger partial charge < -0.3 is 14.6 Å². The van der Waals surface area contributed by atoms with Gasteiger partial charge in [-0.15, -0.1) is 0 Å². The van der Waals surface area contributed by atoms with Crippen LogP contribution in [-0.2, 0) is 25.5 Å². The molecule has 2 aliphatic rings. The molecule has 2 aliphatic heterocycles. The Morgan fingerprint density at radius 3 is 2.73 bits per heavy atom. The molecule has 2 heterocycles. The van der Waals surface area contributed by atoms with Crippen LogP contribution in [0, 0.1) is 5.92 Å². The van der Waals surface area contributed by atoms with Crippen LogP contribution in [0.4, 0.5) is 0 Å². The SMILES string of the molecule is COC(=O)C[C@](O)(Cc1ccccc1)C(=O)OC[C@H]1CCN2CCC[C@@H]12. The number of fused-ring (bicyclic) bond motifs is 1. The van der Waals surface area contributed by atoms with Gasteiger partial charge in [-0.2, -0.15) is 0 Å². The van der Waals surface area contributed by atoms with E-state index in [1.54, 1.807) is 0 Å². The highest BCUT2D eigenvalue weighted by atomic mass is 16.6. The molecule has 0 radical (unpaired) electrons. The Balaban J connectivity index is 1.65. The fraction of sp³-hybridized carbons (Fsp3) is 0.600. The van der Waals surface area contributed by atoms with Gasteiger partial charge in [-0.3, -0.25) is 9.69 Å². The van der Waals surface area contributed by atoms with Gasteiger partial charge in [0.1, 0.15) is 0 Å². The molecule has 1 N–H and O–H groups in total. The number of ether oxygens (including phenoxy) is 2. The lowest BCUT2D eigenvalue weighted by Gasteiger charge is -2.27. The Bertz CT molecular complexity index is 634. The number of hydrogen-bond acceptors (Lipinski definition) is 6. The number of aliphatic hydroxyl groups is 1. The maximum Gasteiger partial charge on any atom is 0.339 e. The number of carbonyl (C=O) groups is 2. The van der Waals surface area contributed by atoms with E-state index in [1.165, 1.54) is 13.5 Å². The van der Waals surface area contributed by atoms with Crippen LogP contribution >= 0.6 is 0 Å². The number of nitrogens with zero attached hydrogens (tertiary/aromatic N) is 1. The Morgan fingerprint density at radius 2 is 2.00 bits per heavy atom. The maximum atomic E-state index is 12.7. The van der Waals surface area contributed by atoms with Gasteiger partial charge in [0.2, 0.25) is 0 Å². The summed E-state index contributed by atoms with van der Waals surface area (Å²) in [6, 6.07) is 9.60. The molecule has 3 atom stereocenters. The highest BCUT2D eigenvalue weighted by molar-refractivity contribution is 5.86. The zero-order valence-electron chi connectivity index (χ0n) is 15.2. The molecule has 0 saturated carbocycles. The number of hydrogen-bond donors (Lipinski definition) is 1. The predicted octanol–water partition coefficient (Wildman–Crippen LogP) is 1.55. The number of carbonyl (C=O) groups excluding carboxylic acids is 2. The van der Waals surface area contributed by atoms with Crippen LogP contribution in [0.25, 0.3) is 0 Å². The molecule has 0 aromatic heterocycles. The summed E-state index contributed by atoms with van der Waals surface area (Å²) in [6.07, 6.45) is 2.93. The monoisotopic (exact) mass is 361 g/mol.